The average Bonchev–Trinajstić information content (AvgIpc) is 2.88. The number of nitrogens with two attached hydrogens (primary N) is 1. The molecular weight excluding hydrogens is 272 g/mol. The third-order valence-electron chi connectivity index (χ3n) is 3.79. The van der Waals surface area contributed by atoms with Crippen molar-refractivity contribution >= 4 is 15.7 Å². The number of benzene rings is 1. The van der Waals surface area contributed by atoms with Crippen LogP contribution in [0.15, 0.2) is 35.7 Å². The summed E-state index contributed by atoms with van der Waals surface area (Å²) < 4.78 is 27.2. The van der Waals surface area contributed by atoms with Crippen LogP contribution in [0.4, 0.5) is 5.69 Å². The Kier molecular flexibility index (Phi) is 4.50. The zero-order chi connectivity index (χ0) is 14.8. The predicted molar refractivity (Wildman–Crippen MR) is 81.9 cm³/mol. The summed E-state index contributed by atoms with van der Waals surface area (Å²) >= 11 is 0. The van der Waals surface area contributed by atoms with Crippen LogP contribution in [0.25, 0.3) is 0 Å². The maximum Gasteiger partial charge on any atom is 0.245 e. The Morgan fingerprint density at radius 2 is 2.05 bits per heavy atom. The number of hydrogen-bond acceptors (Lipinski definition) is 3. The standard InChI is InChI=1S/C15H22N2O2S/c1-3-10-17(13-6-4-5-7-13)20(18,19)15-9-8-12(2)11-14(15)16/h3,8-9,11,13H,1,4-7,10,16H2,2H3. The van der Waals surface area contributed by atoms with Gasteiger partial charge in [0.05, 0.1) is 5.69 Å². The van der Waals surface area contributed by atoms with Crippen LogP contribution in [0.2, 0.25) is 0 Å². The quantitative estimate of drug-likeness (QED) is 0.671. The fourth-order valence-electron chi connectivity index (χ4n) is 2.79. The Balaban J connectivity index is 2.41. The highest BCUT2D eigenvalue weighted by atomic mass is 32.2. The summed E-state index contributed by atoms with van der Waals surface area (Å²) in [5, 5.41) is 0. The minimum atomic E-state index is -3.56. The van der Waals surface area contributed by atoms with Crippen molar-refractivity contribution in [3.8, 4) is 0 Å². The van der Waals surface area contributed by atoms with Gasteiger partial charge in [0.15, 0.2) is 0 Å². The Labute approximate surface area is 121 Å². The van der Waals surface area contributed by atoms with Crippen molar-refractivity contribution in [2.45, 2.75) is 43.5 Å². The molecule has 0 saturated heterocycles. The van der Waals surface area contributed by atoms with Gasteiger partial charge in [-0.15, -0.1) is 6.58 Å². The number of aryl methyl sites for hydroxylation is 1. The second-order valence-electron chi connectivity index (χ2n) is 5.34. The first kappa shape index (κ1) is 15.1. The summed E-state index contributed by atoms with van der Waals surface area (Å²) in [6.07, 6.45) is 5.63. The number of nitrogens with zero attached hydrogens (tertiary/aromatic N) is 1. The molecule has 1 fully saturated rings. The molecule has 0 amide bonds. The van der Waals surface area contributed by atoms with Crippen LogP contribution in [-0.2, 0) is 10.0 Å². The Bertz CT molecular complexity index is 590. The molecule has 2 rings (SSSR count). The molecule has 0 unspecified atom stereocenters. The van der Waals surface area contributed by atoms with Crippen molar-refractivity contribution in [2.75, 3.05) is 12.3 Å². The van der Waals surface area contributed by atoms with Crippen molar-refractivity contribution in [1.29, 1.82) is 0 Å². The first-order valence-electron chi connectivity index (χ1n) is 6.95. The maximum atomic E-state index is 12.8. The summed E-state index contributed by atoms with van der Waals surface area (Å²) in [7, 11) is -3.56. The van der Waals surface area contributed by atoms with E-state index in [-0.39, 0.29) is 10.9 Å². The van der Waals surface area contributed by atoms with Crippen LogP contribution < -0.4 is 5.73 Å². The van der Waals surface area contributed by atoms with E-state index >= 15 is 0 Å². The zero-order valence-corrected chi connectivity index (χ0v) is 12.7. The lowest BCUT2D eigenvalue weighted by atomic mass is 10.2. The lowest BCUT2D eigenvalue weighted by Crippen LogP contribution is -2.39. The molecule has 2 N–H and O–H groups in total. The average molecular weight is 294 g/mol. The fraction of sp³-hybridized carbons (Fsp3) is 0.467. The Morgan fingerprint density at radius 3 is 2.60 bits per heavy atom. The van der Waals surface area contributed by atoms with Gasteiger partial charge < -0.3 is 5.73 Å². The summed E-state index contributed by atoms with van der Waals surface area (Å²) in [5.41, 5.74) is 7.18. The summed E-state index contributed by atoms with van der Waals surface area (Å²) in [4.78, 5) is 0.205. The van der Waals surface area contributed by atoms with E-state index in [4.69, 9.17) is 5.73 Å². The molecule has 1 aliphatic carbocycles. The van der Waals surface area contributed by atoms with Crippen LogP contribution in [0.1, 0.15) is 31.2 Å². The molecular formula is C15H22N2O2S. The van der Waals surface area contributed by atoms with Gasteiger partial charge in [-0.3, -0.25) is 0 Å². The van der Waals surface area contributed by atoms with Crippen molar-refractivity contribution < 1.29 is 8.42 Å². The maximum absolute atomic E-state index is 12.8. The first-order chi connectivity index (χ1) is 9.46. The highest BCUT2D eigenvalue weighted by Gasteiger charge is 2.33. The van der Waals surface area contributed by atoms with Crippen LogP contribution >= 0.6 is 0 Å². The van der Waals surface area contributed by atoms with E-state index in [9.17, 15) is 8.42 Å². The van der Waals surface area contributed by atoms with Crippen molar-refractivity contribution in [3.63, 3.8) is 0 Å². The van der Waals surface area contributed by atoms with Crippen LogP contribution in [-0.4, -0.2) is 25.3 Å². The van der Waals surface area contributed by atoms with Crippen molar-refractivity contribution in [2.24, 2.45) is 0 Å². The molecule has 1 aliphatic rings. The van der Waals surface area contributed by atoms with E-state index in [1.807, 2.05) is 6.92 Å². The molecule has 0 atom stereocenters. The molecule has 20 heavy (non-hydrogen) atoms. The van der Waals surface area contributed by atoms with Gasteiger partial charge in [0.1, 0.15) is 4.90 Å². The zero-order valence-electron chi connectivity index (χ0n) is 11.9. The molecule has 0 aliphatic heterocycles. The van der Waals surface area contributed by atoms with Crippen molar-refractivity contribution in [1.82, 2.24) is 4.31 Å². The molecule has 1 aromatic rings. The second kappa shape index (κ2) is 5.97. The Hall–Kier alpha value is -1.33. The Morgan fingerprint density at radius 1 is 1.40 bits per heavy atom. The predicted octanol–water partition coefficient (Wildman–Crippen LogP) is 2.70. The SMILES string of the molecule is C=CCN(C1CCCC1)S(=O)(=O)c1ccc(C)cc1N. The molecule has 0 aromatic heterocycles. The van der Waals surface area contributed by atoms with Gasteiger partial charge in [0, 0.05) is 12.6 Å². The smallest absolute Gasteiger partial charge is 0.245 e. The highest BCUT2D eigenvalue weighted by molar-refractivity contribution is 7.89. The van der Waals surface area contributed by atoms with Gasteiger partial charge in [-0.1, -0.05) is 25.0 Å². The highest BCUT2D eigenvalue weighted by Crippen LogP contribution is 2.30. The third kappa shape index (κ3) is 2.88. The van der Waals surface area contributed by atoms with E-state index in [2.05, 4.69) is 6.58 Å². The van der Waals surface area contributed by atoms with E-state index < -0.39 is 10.0 Å². The van der Waals surface area contributed by atoms with Gasteiger partial charge in [-0.25, -0.2) is 8.42 Å². The summed E-state index contributed by atoms with van der Waals surface area (Å²) in [5.74, 6) is 0. The molecule has 110 valence electrons. The van der Waals surface area contributed by atoms with E-state index in [0.717, 1.165) is 31.2 Å². The molecule has 0 radical (unpaired) electrons. The second-order valence-corrected chi connectivity index (χ2v) is 7.20. The number of sulfonamides is 1. The molecule has 0 bridgehead atoms. The van der Waals surface area contributed by atoms with E-state index in [0.29, 0.717) is 12.2 Å². The van der Waals surface area contributed by atoms with Crippen LogP contribution in [0.3, 0.4) is 0 Å². The molecule has 0 heterocycles. The largest absolute Gasteiger partial charge is 0.398 e. The summed E-state index contributed by atoms with van der Waals surface area (Å²) in [6.45, 7) is 5.91. The van der Waals surface area contributed by atoms with Gasteiger partial charge >= 0.3 is 0 Å². The minimum absolute atomic E-state index is 0.0682. The van der Waals surface area contributed by atoms with Crippen LogP contribution in [0, 0.1) is 6.92 Å². The van der Waals surface area contributed by atoms with Gasteiger partial charge in [0.25, 0.3) is 0 Å². The molecule has 4 nitrogen and oxygen atoms in total. The summed E-state index contributed by atoms with van der Waals surface area (Å²) in [6, 6.07) is 5.15. The minimum Gasteiger partial charge on any atom is -0.398 e. The lowest BCUT2D eigenvalue weighted by Gasteiger charge is -2.27. The lowest BCUT2D eigenvalue weighted by molar-refractivity contribution is 0.348. The number of nitrogen functional groups attached to an aromatic ring is 1. The first-order valence-corrected chi connectivity index (χ1v) is 8.39. The van der Waals surface area contributed by atoms with Crippen LogP contribution in [0.5, 0.6) is 0 Å². The number of hydrogen-bond donors (Lipinski definition) is 1. The van der Waals surface area contributed by atoms with Gasteiger partial charge in [-0.2, -0.15) is 4.31 Å². The molecule has 5 heteroatoms. The molecule has 1 saturated carbocycles. The molecule has 1 aromatic carbocycles. The normalized spacial score (nSPS) is 16.7. The monoisotopic (exact) mass is 294 g/mol. The van der Waals surface area contributed by atoms with Gasteiger partial charge in [0.2, 0.25) is 10.0 Å². The van der Waals surface area contributed by atoms with E-state index in [1.54, 1.807) is 28.6 Å². The topological polar surface area (TPSA) is 63.4 Å². The number of anilines is 1. The fourth-order valence-corrected chi connectivity index (χ4v) is 4.55. The third-order valence-corrected chi connectivity index (χ3v) is 5.79. The van der Waals surface area contributed by atoms with E-state index in [1.165, 1.54) is 0 Å². The van der Waals surface area contributed by atoms with Crippen molar-refractivity contribution in [3.05, 3.63) is 36.4 Å². The van der Waals surface area contributed by atoms with Gasteiger partial charge in [-0.05, 0) is 37.5 Å². The molecule has 0 spiro atoms. The number of rotatable bonds is 5.